The minimum absolute atomic E-state index is 0.267. The molecule has 0 fully saturated rings. The minimum atomic E-state index is -0.480. The van der Waals surface area contributed by atoms with Crippen LogP contribution in [0.15, 0.2) is 29.1 Å². The number of hydrogen-bond acceptors (Lipinski definition) is 4. The summed E-state index contributed by atoms with van der Waals surface area (Å²) in [6.45, 7) is 7.89. The lowest BCUT2D eigenvalue weighted by molar-refractivity contribution is 0.0525. The molecule has 0 saturated carbocycles. The number of aromatic nitrogens is 2. The summed E-state index contributed by atoms with van der Waals surface area (Å²) in [5, 5.41) is 0. The van der Waals surface area contributed by atoms with Gasteiger partial charge in [0.25, 0.3) is 0 Å². The standard InChI is InChI=1S/C17H20N2O3/c1-5-22-16(20)14-11(4)18-17(21)19-15(14)13-8-6-12(7-9-13)10(2)3/h6-10H,5H2,1-4H3,(H,18,19,21). The Morgan fingerprint density at radius 2 is 1.91 bits per heavy atom. The molecule has 0 aliphatic rings. The lowest BCUT2D eigenvalue weighted by Gasteiger charge is -2.11. The molecule has 0 bridgehead atoms. The lowest BCUT2D eigenvalue weighted by Crippen LogP contribution is -2.19. The number of aryl methyl sites for hydroxylation is 1. The second kappa shape index (κ2) is 6.56. The van der Waals surface area contributed by atoms with E-state index in [9.17, 15) is 9.59 Å². The number of nitrogens with zero attached hydrogens (tertiary/aromatic N) is 1. The average Bonchev–Trinajstić information content (AvgIpc) is 2.46. The van der Waals surface area contributed by atoms with Crippen molar-refractivity contribution in [3.8, 4) is 11.3 Å². The van der Waals surface area contributed by atoms with E-state index in [1.165, 1.54) is 5.56 Å². The summed E-state index contributed by atoms with van der Waals surface area (Å²) in [5.41, 5.74) is 2.55. The molecule has 1 N–H and O–H groups in total. The first kappa shape index (κ1) is 15.9. The van der Waals surface area contributed by atoms with E-state index in [4.69, 9.17) is 4.74 Å². The van der Waals surface area contributed by atoms with Gasteiger partial charge in [-0.05, 0) is 25.3 Å². The fourth-order valence-electron chi connectivity index (χ4n) is 2.27. The SMILES string of the molecule is CCOC(=O)c1c(-c2ccc(C(C)C)cc2)nc(=O)[nH]c1C. The Morgan fingerprint density at radius 3 is 2.45 bits per heavy atom. The smallest absolute Gasteiger partial charge is 0.345 e. The Labute approximate surface area is 129 Å². The number of hydrogen-bond donors (Lipinski definition) is 1. The van der Waals surface area contributed by atoms with Crippen LogP contribution in [0.2, 0.25) is 0 Å². The number of aromatic amines is 1. The first-order valence-electron chi connectivity index (χ1n) is 7.32. The van der Waals surface area contributed by atoms with Gasteiger partial charge in [0, 0.05) is 11.3 Å². The van der Waals surface area contributed by atoms with Crippen LogP contribution in [0.5, 0.6) is 0 Å². The van der Waals surface area contributed by atoms with Gasteiger partial charge in [-0.1, -0.05) is 38.1 Å². The highest BCUT2D eigenvalue weighted by molar-refractivity contribution is 5.97. The Morgan fingerprint density at radius 1 is 1.27 bits per heavy atom. The van der Waals surface area contributed by atoms with E-state index in [0.29, 0.717) is 22.9 Å². The van der Waals surface area contributed by atoms with Gasteiger partial charge in [-0.15, -0.1) is 0 Å². The maximum absolute atomic E-state index is 12.2. The fourth-order valence-corrected chi connectivity index (χ4v) is 2.27. The van der Waals surface area contributed by atoms with Crippen molar-refractivity contribution in [3.63, 3.8) is 0 Å². The zero-order valence-corrected chi connectivity index (χ0v) is 13.3. The lowest BCUT2D eigenvalue weighted by atomic mass is 9.99. The second-order valence-corrected chi connectivity index (χ2v) is 5.39. The highest BCUT2D eigenvalue weighted by Gasteiger charge is 2.19. The molecule has 0 aliphatic carbocycles. The largest absolute Gasteiger partial charge is 0.462 e. The molecular weight excluding hydrogens is 280 g/mol. The number of H-pyrrole nitrogens is 1. The van der Waals surface area contributed by atoms with Gasteiger partial charge in [0.15, 0.2) is 0 Å². The molecule has 1 heterocycles. The first-order chi connectivity index (χ1) is 10.4. The zero-order valence-electron chi connectivity index (χ0n) is 13.3. The van der Waals surface area contributed by atoms with Gasteiger partial charge >= 0.3 is 11.7 Å². The van der Waals surface area contributed by atoms with E-state index < -0.39 is 11.7 Å². The molecule has 0 atom stereocenters. The van der Waals surface area contributed by atoms with Crippen LogP contribution >= 0.6 is 0 Å². The van der Waals surface area contributed by atoms with E-state index in [1.54, 1.807) is 13.8 Å². The predicted molar refractivity (Wildman–Crippen MR) is 85.1 cm³/mol. The van der Waals surface area contributed by atoms with Gasteiger partial charge in [0.2, 0.25) is 0 Å². The number of nitrogens with one attached hydrogen (secondary N) is 1. The molecule has 2 aromatic rings. The molecular formula is C17H20N2O3. The van der Waals surface area contributed by atoms with Crippen molar-refractivity contribution in [1.82, 2.24) is 9.97 Å². The van der Waals surface area contributed by atoms with Crippen LogP contribution in [0.4, 0.5) is 0 Å². The van der Waals surface area contributed by atoms with Crippen molar-refractivity contribution in [2.24, 2.45) is 0 Å². The summed E-state index contributed by atoms with van der Waals surface area (Å²) in [5.74, 6) is -0.0702. The van der Waals surface area contributed by atoms with Crippen LogP contribution in [0, 0.1) is 6.92 Å². The van der Waals surface area contributed by atoms with Crippen molar-refractivity contribution in [1.29, 1.82) is 0 Å². The van der Waals surface area contributed by atoms with E-state index in [2.05, 4.69) is 23.8 Å². The Kier molecular flexibility index (Phi) is 4.75. The topological polar surface area (TPSA) is 72.0 Å². The molecule has 22 heavy (non-hydrogen) atoms. The van der Waals surface area contributed by atoms with Crippen LogP contribution in [0.3, 0.4) is 0 Å². The van der Waals surface area contributed by atoms with E-state index >= 15 is 0 Å². The molecule has 0 unspecified atom stereocenters. The third-order valence-corrected chi connectivity index (χ3v) is 3.45. The van der Waals surface area contributed by atoms with Gasteiger partial charge in [-0.3, -0.25) is 0 Å². The second-order valence-electron chi connectivity index (χ2n) is 5.39. The van der Waals surface area contributed by atoms with Gasteiger partial charge in [0.05, 0.1) is 12.3 Å². The van der Waals surface area contributed by atoms with Crippen molar-refractivity contribution in [3.05, 3.63) is 51.6 Å². The molecule has 5 heteroatoms. The summed E-state index contributed by atoms with van der Waals surface area (Å²) in [6.07, 6.45) is 0. The van der Waals surface area contributed by atoms with Gasteiger partial charge in [-0.25, -0.2) is 9.59 Å². The van der Waals surface area contributed by atoms with E-state index in [0.717, 1.165) is 5.56 Å². The molecule has 1 aromatic carbocycles. The summed E-state index contributed by atoms with van der Waals surface area (Å²) in [6, 6.07) is 7.71. The van der Waals surface area contributed by atoms with Crippen LogP contribution in [-0.2, 0) is 4.74 Å². The van der Waals surface area contributed by atoms with Gasteiger partial charge in [0.1, 0.15) is 5.56 Å². The summed E-state index contributed by atoms with van der Waals surface area (Å²) in [4.78, 5) is 30.4. The number of ether oxygens (including phenoxy) is 1. The summed E-state index contributed by atoms with van der Waals surface area (Å²) < 4.78 is 5.07. The molecule has 0 spiro atoms. The highest BCUT2D eigenvalue weighted by Crippen LogP contribution is 2.25. The third kappa shape index (κ3) is 3.24. The van der Waals surface area contributed by atoms with Crippen LogP contribution in [-0.4, -0.2) is 22.5 Å². The monoisotopic (exact) mass is 300 g/mol. The highest BCUT2D eigenvalue weighted by atomic mass is 16.5. The van der Waals surface area contributed by atoms with Gasteiger partial charge < -0.3 is 9.72 Å². The molecule has 0 amide bonds. The summed E-state index contributed by atoms with van der Waals surface area (Å²) in [7, 11) is 0. The van der Waals surface area contributed by atoms with Crippen molar-refractivity contribution < 1.29 is 9.53 Å². The van der Waals surface area contributed by atoms with E-state index in [1.807, 2.05) is 24.3 Å². The van der Waals surface area contributed by atoms with Crippen LogP contribution in [0.25, 0.3) is 11.3 Å². The van der Waals surface area contributed by atoms with E-state index in [-0.39, 0.29) is 6.61 Å². The maximum Gasteiger partial charge on any atom is 0.345 e. The molecule has 0 aliphatic heterocycles. The quantitative estimate of drug-likeness (QED) is 0.881. The fraction of sp³-hybridized carbons (Fsp3) is 0.353. The number of carbonyl (C=O) groups is 1. The Hall–Kier alpha value is -2.43. The normalized spacial score (nSPS) is 10.8. The molecule has 2 rings (SSSR count). The average molecular weight is 300 g/mol. The molecule has 0 saturated heterocycles. The number of carbonyl (C=O) groups excluding carboxylic acids is 1. The number of benzene rings is 1. The maximum atomic E-state index is 12.2. The first-order valence-corrected chi connectivity index (χ1v) is 7.32. The van der Waals surface area contributed by atoms with Crippen molar-refractivity contribution >= 4 is 5.97 Å². The predicted octanol–water partition coefficient (Wildman–Crippen LogP) is 3.05. The molecule has 1 aromatic heterocycles. The molecule has 116 valence electrons. The minimum Gasteiger partial charge on any atom is -0.462 e. The van der Waals surface area contributed by atoms with Crippen molar-refractivity contribution in [2.45, 2.75) is 33.6 Å². The number of rotatable bonds is 4. The van der Waals surface area contributed by atoms with Crippen molar-refractivity contribution in [2.75, 3.05) is 6.61 Å². The third-order valence-electron chi connectivity index (χ3n) is 3.45. The number of esters is 1. The molecule has 5 nitrogen and oxygen atoms in total. The summed E-state index contributed by atoms with van der Waals surface area (Å²) >= 11 is 0. The van der Waals surface area contributed by atoms with Crippen LogP contribution in [0.1, 0.15) is 48.3 Å². The zero-order chi connectivity index (χ0) is 16.3. The molecule has 0 radical (unpaired) electrons. The Balaban J connectivity index is 2.58. The van der Waals surface area contributed by atoms with Crippen LogP contribution < -0.4 is 5.69 Å². The Bertz CT molecular complexity index is 731. The van der Waals surface area contributed by atoms with Gasteiger partial charge in [-0.2, -0.15) is 4.98 Å².